The number of unbranched alkanes of at least 4 members (excludes halogenated alkanes) is 2. The highest BCUT2D eigenvalue weighted by molar-refractivity contribution is 5.71. The van der Waals surface area contributed by atoms with Gasteiger partial charge in [-0.25, -0.2) is 4.79 Å². The Balaban J connectivity index is 1.32. The molecule has 0 spiro atoms. The first-order chi connectivity index (χ1) is 20.4. The maximum absolute atomic E-state index is 12.2. The number of esters is 1. The second-order valence-corrected chi connectivity index (χ2v) is 11.4. The van der Waals surface area contributed by atoms with Gasteiger partial charge in [-0.15, -0.1) is 0 Å². The number of carbonyl (C=O) groups excluding carboxylic acids is 1. The van der Waals surface area contributed by atoms with E-state index in [0.29, 0.717) is 44.0 Å². The van der Waals surface area contributed by atoms with Gasteiger partial charge in [-0.2, -0.15) is 0 Å². The first-order valence-electron chi connectivity index (χ1n) is 15.6. The van der Waals surface area contributed by atoms with Gasteiger partial charge in [0.2, 0.25) is 0 Å². The Labute approximate surface area is 249 Å². The number of fused-ring (bicyclic) bond motifs is 2. The van der Waals surface area contributed by atoms with Crippen LogP contribution in [0.3, 0.4) is 0 Å². The molecule has 1 saturated carbocycles. The van der Waals surface area contributed by atoms with Gasteiger partial charge in [0.05, 0.1) is 58.3 Å². The van der Waals surface area contributed by atoms with Crippen molar-refractivity contribution in [1.82, 2.24) is 0 Å². The van der Waals surface area contributed by atoms with Crippen LogP contribution >= 0.6 is 0 Å². The summed E-state index contributed by atoms with van der Waals surface area (Å²) in [6.07, 6.45) is 7.62. The number of hydrogen-bond donors (Lipinski definition) is 3. The molecule has 2 aliphatic rings. The zero-order valence-electron chi connectivity index (χ0n) is 25.0. The predicted octanol–water partition coefficient (Wildman–Crippen LogP) is 3.57. The number of ether oxygens (including phenoxy) is 5. The van der Waals surface area contributed by atoms with Gasteiger partial charge in [-0.3, -0.25) is 4.79 Å². The molecule has 3 N–H and O–H groups in total. The van der Waals surface area contributed by atoms with Crippen molar-refractivity contribution in [2.24, 2.45) is 17.8 Å². The highest BCUT2D eigenvalue weighted by atomic mass is 16.6. The highest BCUT2D eigenvalue weighted by Gasteiger charge is 2.44. The zero-order valence-corrected chi connectivity index (χ0v) is 25.0. The number of carboxylic acids is 1. The Kier molecular flexibility index (Phi) is 15.6. The summed E-state index contributed by atoms with van der Waals surface area (Å²) < 4.78 is 26.9. The second kappa shape index (κ2) is 19.1. The molecule has 1 aromatic carbocycles. The summed E-state index contributed by atoms with van der Waals surface area (Å²) in [5.74, 6) is 0.326. The molecule has 0 aliphatic heterocycles. The van der Waals surface area contributed by atoms with E-state index in [1.54, 1.807) is 0 Å². The minimum atomic E-state index is -0.894. The van der Waals surface area contributed by atoms with Gasteiger partial charge in [0.1, 0.15) is 12.4 Å². The fourth-order valence-electron chi connectivity index (χ4n) is 6.19. The monoisotopic (exact) mass is 594 g/mol. The van der Waals surface area contributed by atoms with Crippen LogP contribution in [0.1, 0.15) is 69.4 Å². The smallest absolute Gasteiger partial charge is 0.344 e. The quantitative estimate of drug-likeness (QED) is 0.135. The Morgan fingerprint density at radius 1 is 0.952 bits per heavy atom. The third kappa shape index (κ3) is 11.8. The Morgan fingerprint density at radius 3 is 2.38 bits per heavy atom. The third-order valence-corrected chi connectivity index (χ3v) is 8.36. The molecule has 3 rings (SSSR count). The maximum Gasteiger partial charge on any atom is 0.344 e. The van der Waals surface area contributed by atoms with Crippen LogP contribution in [0.25, 0.3) is 0 Å². The average molecular weight is 595 g/mol. The maximum atomic E-state index is 12.2. The van der Waals surface area contributed by atoms with Gasteiger partial charge >= 0.3 is 11.9 Å². The lowest BCUT2D eigenvalue weighted by atomic mass is 9.73. The SMILES string of the molecule is CCCCC[C@H](O)CC[C@@H]1[C@H]2Cc3cccc(OCC(=O)OCCOCCOCCOCCC(=O)O)c3C[C@H]2C[C@H]1O. The van der Waals surface area contributed by atoms with Crippen LogP contribution < -0.4 is 4.74 Å². The van der Waals surface area contributed by atoms with E-state index >= 15 is 0 Å². The molecule has 2 aliphatic carbocycles. The van der Waals surface area contributed by atoms with Crippen molar-refractivity contribution < 1.29 is 48.6 Å². The van der Waals surface area contributed by atoms with Crippen LogP contribution in [-0.4, -0.2) is 92.3 Å². The molecule has 0 saturated heterocycles. The van der Waals surface area contributed by atoms with Crippen molar-refractivity contribution in [3.05, 3.63) is 29.3 Å². The van der Waals surface area contributed by atoms with Crippen molar-refractivity contribution >= 4 is 11.9 Å². The summed E-state index contributed by atoms with van der Waals surface area (Å²) in [5.41, 5.74) is 2.33. The van der Waals surface area contributed by atoms with Crippen LogP contribution in [0, 0.1) is 17.8 Å². The zero-order chi connectivity index (χ0) is 30.2. The molecule has 238 valence electrons. The normalized spacial score (nSPS) is 21.9. The number of benzene rings is 1. The van der Waals surface area contributed by atoms with Crippen molar-refractivity contribution in [2.75, 3.05) is 52.9 Å². The number of carboxylic acid groups (broad SMARTS) is 1. The van der Waals surface area contributed by atoms with Crippen molar-refractivity contribution in [2.45, 2.75) is 83.3 Å². The van der Waals surface area contributed by atoms with Gasteiger partial charge < -0.3 is 39.0 Å². The Hall–Kier alpha value is -2.24. The number of carbonyl (C=O) groups is 2. The molecule has 0 bridgehead atoms. The van der Waals surface area contributed by atoms with Gasteiger partial charge in [0.15, 0.2) is 6.61 Å². The fourth-order valence-corrected chi connectivity index (χ4v) is 6.19. The van der Waals surface area contributed by atoms with E-state index in [1.165, 1.54) is 5.56 Å². The largest absolute Gasteiger partial charge is 0.482 e. The fraction of sp³-hybridized carbons (Fsp3) is 0.750. The summed E-state index contributed by atoms with van der Waals surface area (Å²) in [6.45, 7) is 3.88. The van der Waals surface area contributed by atoms with Crippen LogP contribution in [0.2, 0.25) is 0 Å². The summed E-state index contributed by atoms with van der Waals surface area (Å²) >= 11 is 0. The molecule has 0 amide bonds. The standard InChI is InChI=1S/C32H50O10/c1-2-3-4-7-25(33)9-10-26-27-19-23-6-5-8-30(28(23)20-24(27)21-29(26)34)42-22-32(37)41-18-17-40-16-15-39-14-13-38-12-11-31(35)36/h5-6,8,24-27,29,33-34H,2-4,7,9-22H2,1H3,(H,35,36)/t24-,25-,26+,27-,29+/m0/s1. The predicted molar refractivity (Wildman–Crippen MR) is 155 cm³/mol. The molecule has 1 aromatic rings. The van der Waals surface area contributed by atoms with E-state index in [9.17, 15) is 19.8 Å². The molecule has 0 unspecified atom stereocenters. The number of rotatable bonds is 22. The lowest BCUT2D eigenvalue weighted by Gasteiger charge is -2.32. The molecule has 42 heavy (non-hydrogen) atoms. The Bertz CT molecular complexity index is 938. The number of aliphatic hydroxyl groups is 2. The molecular weight excluding hydrogens is 544 g/mol. The molecular formula is C32H50O10. The Morgan fingerprint density at radius 2 is 1.67 bits per heavy atom. The van der Waals surface area contributed by atoms with Crippen LogP contribution in [0.5, 0.6) is 5.75 Å². The first kappa shape index (κ1) is 34.3. The van der Waals surface area contributed by atoms with Crippen molar-refractivity contribution in [1.29, 1.82) is 0 Å². The second-order valence-electron chi connectivity index (χ2n) is 11.4. The molecule has 10 nitrogen and oxygen atoms in total. The molecule has 10 heteroatoms. The summed E-state index contributed by atoms with van der Waals surface area (Å²) in [7, 11) is 0. The summed E-state index contributed by atoms with van der Waals surface area (Å²) in [4.78, 5) is 22.6. The van der Waals surface area contributed by atoms with E-state index in [0.717, 1.165) is 63.4 Å². The average Bonchev–Trinajstić information content (AvgIpc) is 3.27. The minimum Gasteiger partial charge on any atom is -0.482 e. The van der Waals surface area contributed by atoms with E-state index in [-0.39, 0.29) is 51.0 Å². The molecule has 0 heterocycles. The van der Waals surface area contributed by atoms with Gasteiger partial charge in [0.25, 0.3) is 0 Å². The molecule has 1 fully saturated rings. The van der Waals surface area contributed by atoms with Crippen LogP contribution in [-0.2, 0) is 41.4 Å². The van der Waals surface area contributed by atoms with Crippen LogP contribution in [0.4, 0.5) is 0 Å². The lowest BCUT2D eigenvalue weighted by molar-refractivity contribution is -0.147. The van der Waals surface area contributed by atoms with Crippen LogP contribution in [0.15, 0.2) is 18.2 Å². The first-order valence-corrected chi connectivity index (χ1v) is 15.6. The van der Waals surface area contributed by atoms with Gasteiger partial charge in [0, 0.05) is 0 Å². The number of aliphatic carboxylic acids is 1. The number of aliphatic hydroxyl groups excluding tert-OH is 2. The van der Waals surface area contributed by atoms with Gasteiger partial charge in [-0.1, -0.05) is 38.3 Å². The molecule has 5 atom stereocenters. The van der Waals surface area contributed by atoms with Gasteiger partial charge in [-0.05, 0) is 73.5 Å². The third-order valence-electron chi connectivity index (χ3n) is 8.36. The molecule has 0 aromatic heterocycles. The van der Waals surface area contributed by atoms with E-state index < -0.39 is 11.9 Å². The topological polar surface area (TPSA) is 141 Å². The number of hydrogen-bond acceptors (Lipinski definition) is 9. The molecule has 0 radical (unpaired) electrons. The summed E-state index contributed by atoms with van der Waals surface area (Å²) in [5, 5.41) is 29.8. The minimum absolute atomic E-state index is 0.0286. The van der Waals surface area contributed by atoms with Crippen molar-refractivity contribution in [3.8, 4) is 5.75 Å². The van der Waals surface area contributed by atoms with Crippen molar-refractivity contribution in [3.63, 3.8) is 0 Å². The highest BCUT2D eigenvalue weighted by Crippen LogP contribution is 2.48. The lowest BCUT2D eigenvalue weighted by Crippen LogP contribution is -2.28. The van der Waals surface area contributed by atoms with E-state index in [2.05, 4.69) is 13.0 Å². The summed E-state index contributed by atoms with van der Waals surface area (Å²) in [6, 6.07) is 5.96. The van der Waals surface area contributed by atoms with E-state index in [4.69, 9.17) is 28.8 Å². The van der Waals surface area contributed by atoms with E-state index in [1.807, 2.05) is 12.1 Å².